The molecule has 0 bridgehead atoms. The second kappa shape index (κ2) is 5.69. The van der Waals surface area contributed by atoms with E-state index in [-0.39, 0.29) is 0 Å². The number of hydrogen-bond acceptors (Lipinski definition) is 3. The summed E-state index contributed by atoms with van der Waals surface area (Å²) in [4.78, 5) is 2.52. The zero-order chi connectivity index (χ0) is 12.3. The number of nitrogens with two attached hydrogens (primary N) is 1. The lowest BCUT2D eigenvalue weighted by Gasteiger charge is -2.33. The smallest absolute Gasteiger partial charge is 0.121 e. The zero-order valence-electron chi connectivity index (χ0n) is 11.0. The molecule has 3 heteroatoms. The van der Waals surface area contributed by atoms with Crippen molar-refractivity contribution in [2.24, 2.45) is 17.6 Å². The first-order valence-corrected chi connectivity index (χ1v) is 6.68. The summed E-state index contributed by atoms with van der Waals surface area (Å²) in [5.41, 5.74) is 6.91. The summed E-state index contributed by atoms with van der Waals surface area (Å²) >= 11 is 0. The van der Waals surface area contributed by atoms with Crippen molar-refractivity contribution in [3.63, 3.8) is 0 Å². The molecule has 3 nitrogen and oxygen atoms in total. The monoisotopic (exact) mass is 236 g/mol. The van der Waals surface area contributed by atoms with E-state index in [9.17, 15) is 0 Å². The summed E-state index contributed by atoms with van der Waals surface area (Å²) < 4.78 is 5.36. The van der Waals surface area contributed by atoms with Crippen molar-refractivity contribution >= 4 is 0 Å². The van der Waals surface area contributed by atoms with Crippen LogP contribution in [0.1, 0.15) is 38.0 Å². The lowest BCUT2D eigenvalue weighted by atomic mass is 9.86. The van der Waals surface area contributed by atoms with Gasteiger partial charge in [0.2, 0.25) is 0 Å². The Kier molecular flexibility index (Phi) is 4.24. The highest BCUT2D eigenvalue weighted by Crippen LogP contribution is 2.25. The van der Waals surface area contributed by atoms with Gasteiger partial charge in [0.25, 0.3) is 0 Å². The Labute approximate surface area is 104 Å². The number of hydrogen-bond donors (Lipinski definition) is 1. The summed E-state index contributed by atoms with van der Waals surface area (Å²) in [6.07, 6.45) is 4.40. The third-order valence-electron chi connectivity index (χ3n) is 3.99. The Morgan fingerprint density at radius 1 is 1.41 bits per heavy atom. The van der Waals surface area contributed by atoms with E-state index >= 15 is 0 Å². The van der Waals surface area contributed by atoms with Crippen molar-refractivity contribution in [1.82, 2.24) is 4.90 Å². The van der Waals surface area contributed by atoms with Crippen molar-refractivity contribution in [1.29, 1.82) is 0 Å². The molecule has 0 unspecified atom stereocenters. The fourth-order valence-electron chi connectivity index (χ4n) is 2.71. The molecule has 2 rings (SSSR count). The molecule has 0 amide bonds. The van der Waals surface area contributed by atoms with Gasteiger partial charge in [0.05, 0.1) is 12.8 Å². The van der Waals surface area contributed by atoms with E-state index in [0.717, 1.165) is 24.1 Å². The van der Waals surface area contributed by atoms with Crippen molar-refractivity contribution in [2.75, 3.05) is 13.1 Å². The predicted octanol–water partition coefficient (Wildman–Crippen LogP) is 2.61. The van der Waals surface area contributed by atoms with Gasteiger partial charge >= 0.3 is 0 Å². The molecule has 1 saturated heterocycles. The van der Waals surface area contributed by atoms with Crippen LogP contribution < -0.4 is 5.73 Å². The summed E-state index contributed by atoms with van der Waals surface area (Å²) in [6, 6.07) is 2.05. The second-order valence-electron chi connectivity index (χ2n) is 5.43. The molecule has 17 heavy (non-hydrogen) atoms. The molecule has 2 N–H and O–H groups in total. The summed E-state index contributed by atoms with van der Waals surface area (Å²) in [5, 5.41) is 0. The van der Waals surface area contributed by atoms with Gasteiger partial charge in [-0.1, -0.05) is 13.8 Å². The molecule has 2 heterocycles. The van der Waals surface area contributed by atoms with Gasteiger partial charge in [-0.2, -0.15) is 0 Å². The van der Waals surface area contributed by atoms with Gasteiger partial charge in [-0.3, -0.25) is 4.90 Å². The first-order chi connectivity index (χ1) is 8.20. The molecule has 0 atom stereocenters. The van der Waals surface area contributed by atoms with Gasteiger partial charge in [-0.05, 0) is 43.8 Å². The van der Waals surface area contributed by atoms with Gasteiger partial charge in [-0.25, -0.2) is 0 Å². The minimum Gasteiger partial charge on any atom is -0.468 e. The molecule has 96 valence electrons. The average Bonchev–Trinajstić information content (AvgIpc) is 2.77. The fraction of sp³-hybridized carbons (Fsp3) is 0.714. The summed E-state index contributed by atoms with van der Waals surface area (Å²) in [7, 11) is 0. The topological polar surface area (TPSA) is 42.4 Å². The molecule has 0 saturated carbocycles. The molecule has 1 aliphatic heterocycles. The maximum Gasteiger partial charge on any atom is 0.121 e. The molecule has 0 aliphatic carbocycles. The maximum absolute atomic E-state index is 5.65. The van der Waals surface area contributed by atoms with E-state index < -0.39 is 0 Å². The highest BCUT2D eigenvalue weighted by molar-refractivity contribution is 5.16. The van der Waals surface area contributed by atoms with Crippen LogP contribution in [0.2, 0.25) is 0 Å². The molecule has 1 aromatic rings. The Hall–Kier alpha value is -0.800. The second-order valence-corrected chi connectivity index (χ2v) is 5.43. The SMILES string of the molecule is CC(C)C1CCN(Cc2ccoc2CN)CC1. The third kappa shape index (κ3) is 3.11. The lowest BCUT2D eigenvalue weighted by Crippen LogP contribution is -2.34. The molecule has 1 aromatic heterocycles. The predicted molar refractivity (Wildman–Crippen MR) is 69.4 cm³/mol. The number of nitrogens with zero attached hydrogens (tertiary/aromatic N) is 1. The van der Waals surface area contributed by atoms with Gasteiger partial charge in [0, 0.05) is 12.1 Å². The lowest BCUT2D eigenvalue weighted by molar-refractivity contribution is 0.151. The Morgan fingerprint density at radius 2 is 2.12 bits per heavy atom. The average molecular weight is 236 g/mol. The molecule has 0 aromatic carbocycles. The number of piperidine rings is 1. The summed E-state index contributed by atoms with van der Waals surface area (Å²) in [6.45, 7) is 8.58. The van der Waals surface area contributed by atoms with E-state index in [0.29, 0.717) is 6.54 Å². The van der Waals surface area contributed by atoms with Gasteiger partial charge in [0.1, 0.15) is 5.76 Å². The van der Waals surface area contributed by atoms with Crippen LogP contribution >= 0.6 is 0 Å². The minimum atomic E-state index is 0.505. The Morgan fingerprint density at radius 3 is 2.71 bits per heavy atom. The standard InChI is InChI=1S/C14H24N2O/c1-11(2)12-3-6-16(7-4-12)10-13-5-8-17-14(13)9-15/h5,8,11-12H,3-4,6-7,9-10,15H2,1-2H3. The van der Waals surface area contributed by atoms with Gasteiger partial charge < -0.3 is 10.2 Å². The molecular weight excluding hydrogens is 212 g/mol. The fourth-order valence-corrected chi connectivity index (χ4v) is 2.71. The van der Waals surface area contributed by atoms with Crippen LogP contribution in [0.4, 0.5) is 0 Å². The number of rotatable bonds is 4. The van der Waals surface area contributed by atoms with Gasteiger partial charge in [0.15, 0.2) is 0 Å². The Balaban J connectivity index is 1.86. The van der Waals surface area contributed by atoms with Crippen LogP contribution in [-0.2, 0) is 13.1 Å². The maximum atomic E-state index is 5.65. The normalized spacial score (nSPS) is 19.1. The zero-order valence-corrected chi connectivity index (χ0v) is 11.0. The van der Waals surface area contributed by atoms with E-state index in [1.807, 2.05) is 0 Å². The van der Waals surface area contributed by atoms with Crippen molar-refractivity contribution in [3.8, 4) is 0 Å². The quantitative estimate of drug-likeness (QED) is 0.873. The van der Waals surface area contributed by atoms with Crippen molar-refractivity contribution in [2.45, 2.75) is 39.8 Å². The highest BCUT2D eigenvalue weighted by Gasteiger charge is 2.22. The number of furan rings is 1. The molecular formula is C14H24N2O. The van der Waals surface area contributed by atoms with Crippen LogP contribution in [0.3, 0.4) is 0 Å². The first-order valence-electron chi connectivity index (χ1n) is 6.68. The summed E-state index contributed by atoms with van der Waals surface area (Å²) in [5.74, 6) is 2.67. The van der Waals surface area contributed by atoms with Crippen LogP contribution in [-0.4, -0.2) is 18.0 Å². The van der Waals surface area contributed by atoms with E-state index in [4.69, 9.17) is 10.2 Å². The van der Waals surface area contributed by atoms with Crippen molar-refractivity contribution in [3.05, 3.63) is 23.7 Å². The highest BCUT2D eigenvalue weighted by atomic mass is 16.3. The first kappa shape index (κ1) is 12.7. The van der Waals surface area contributed by atoms with E-state index in [2.05, 4.69) is 24.8 Å². The molecule has 0 radical (unpaired) electrons. The molecule has 1 aliphatic rings. The van der Waals surface area contributed by atoms with Crippen LogP contribution in [0.25, 0.3) is 0 Å². The molecule has 0 spiro atoms. The van der Waals surface area contributed by atoms with E-state index in [1.54, 1.807) is 6.26 Å². The Bertz CT molecular complexity index is 338. The number of likely N-dealkylation sites (tertiary alicyclic amines) is 1. The largest absolute Gasteiger partial charge is 0.468 e. The van der Waals surface area contributed by atoms with Gasteiger partial charge in [-0.15, -0.1) is 0 Å². The minimum absolute atomic E-state index is 0.505. The van der Waals surface area contributed by atoms with Crippen LogP contribution in [0, 0.1) is 11.8 Å². The molecule has 1 fully saturated rings. The van der Waals surface area contributed by atoms with Crippen LogP contribution in [0.5, 0.6) is 0 Å². The van der Waals surface area contributed by atoms with Crippen molar-refractivity contribution < 1.29 is 4.42 Å². The van der Waals surface area contributed by atoms with E-state index in [1.165, 1.54) is 31.5 Å². The third-order valence-corrected chi connectivity index (χ3v) is 3.99. The van der Waals surface area contributed by atoms with Crippen LogP contribution in [0.15, 0.2) is 16.7 Å².